The lowest BCUT2D eigenvalue weighted by atomic mass is 10.2. The topological polar surface area (TPSA) is 40.6 Å². The zero-order valence-corrected chi connectivity index (χ0v) is 10.6. The number of anilines is 3. The summed E-state index contributed by atoms with van der Waals surface area (Å²) in [5.41, 5.74) is 1.17. The minimum absolute atomic E-state index is 0.201. The van der Waals surface area contributed by atoms with Crippen molar-refractivity contribution in [3.63, 3.8) is 0 Å². The van der Waals surface area contributed by atoms with Crippen LogP contribution >= 0.6 is 0 Å². The first kappa shape index (κ1) is 9.31. The molecular weight excluding hydrogens is 252 g/mol. The van der Waals surface area contributed by atoms with Crippen molar-refractivity contribution in [3.05, 3.63) is 54.6 Å². The van der Waals surface area contributed by atoms with Crippen LogP contribution in [0.2, 0.25) is 0 Å². The van der Waals surface area contributed by atoms with Gasteiger partial charge in [0, 0.05) is 16.8 Å². The number of hydrogen-bond acceptors (Lipinski definition) is 2. The number of nitrogens with zero attached hydrogens (tertiary/aromatic N) is 2. The molecule has 4 heteroatoms. The fraction of sp³-hybridized carbons (Fsp3) is 0.125. The number of hydrogen-bond donors (Lipinski definition) is 0. The largest absolute Gasteiger partial charge is 0.313 e. The number of para-hydroxylation sites is 3. The quantitative estimate of drug-likeness (QED) is 0.747. The van der Waals surface area contributed by atoms with Crippen molar-refractivity contribution < 1.29 is 13.7 Å². The van der Waals surface area contributed by atoms with Crippen LogP contribution in [0.3, 0.4) is 0 Å². The number of benzene rings is 2. The van der Waals surface area contributed by atoms with Crippen LogP contribution in [0.25, 0.3) is 0 Å². The highest BCUT2D eigenvalue weighted by Crippen LogP contribution is 2.36. The van der Waals surface area contributed by atoms with Crippen LogP contribution < -0.4 is 9.80 Å². The van der Waals surface area contributed by atoms with Crippen LogP contribution in [0.5, 0.6) is 0 Å². The highest BCUT2D eigenvalue weighted by atomic mass is 16.2. The molecule has 0 aliphatic carbocycles. The van der Waals surface area contributed by atoms with E-state index in [1.807, 2.05) is 6.07 Å². The number of rotatable bonds is 1. The molecule has 0 saturated heterocycles. The van der Waals surface area contributed by atoms with Crippen LogP contribution in [0.1, 0.15) is 10.5 Å². The number of carbonyl (C=O) groups is 2. The summed E-state index contributed by atoms with van der Waals surface area (Å²) in [5.74, 6) is -1.19. The Bertz CT molecular complexity index is 759. The average molecular weight is 269 g/mol. The van der Waals surface area contributed by atoms with E-state index in [2.05, 4.69) is 0 Å². The summed E-state index contributed by atoms with van der Waals surface area (Å²) >= 11 is 0. The summed E-state index contributed by atoms with van der Waals surface area (Å²) < 4.78 is 22.9. The van der Waals surface area contributed by atoms with Gasteiger partial charge in [0.15, 0.2) is 0 Å². The van der Waals surface area contributed by atoms with Gasteiger partial charge in [0.2, 0.25) is 11.8 Å². The van der Waals surface area contributed by atoms with Gasteiger partial charge in [-0.1, -0.05) is 30.3 Å². The van der Waals surface area contributed by atoms with E-state index in [-0.39, 0.29) is 5.69 Å². The standard InChI is InChI=1S/C16H14N2O2/c1-17-13-9-5-6-10-14(13)18(16(20)11-15(17)19)12-7-3-2-4-8-12/h2-10H,11H2,1H3/i1D3. The maximum Gasteiger partial charge on any atom is 0.241 e. The highest BCUT2D eigenvalue weighted by Gasteiger charge is 2.30. The fourth-order valence-electron chi connectivity index (χ4n) is 2.26. The third kappa shape index (κ3) is 1.95. The van der Waals surface area contributed by atoms with Crippen molar-refractivity contribution >= 4 is 28.9 Å². The van der Waals surface area contributed by atoms with Crippen molar-refractivity contribution in [1.82, 2.24) is 0 Å². The zero-order chi connectivity index (χ0) is 16.6. The summed E-state index contributed by atoms with van der Waals surface area (Å²) in [6, 6.07) is 15.4. The van der Waals surface area contributed by atoms with Gasteiger partial charge >= 0.3 is 0 Å². The molecule has 2 amide bonds. The molecular formula is C16H14N2O2. The molecule has 0 bridgehead atoms. The van der Waals surface area contributed by atoms with E-state index in [9.17, 15) is 9.59 Å². The number of carbonyl (C=O) groups excluding carboxylic acids is 2. The Morgan fingerprint density at radius 3 is 2.25 bits per heavy atom. The maximum atomic E-state index is 12.6. The molecule has 100 valence electrons. The number of amides is 2. The summed E-state index contributed by atoms with van der Waals surface area (Å²) in [4.78, 5) is 27.0. The van der Waals surface area contributed by atoms with Crippen LogP contribution in [-0.4, -0.2) is 18.8 Å². The molecule has 20 heavy (non-hydrogen) atoms. The Morgan fingerprint density at radius 1 is 0.900 bits per heavy atom. The van der Waals surface area contributed by atoms with Gasteiger partial charge in [-0.2, -0.15) is 0 Å². The molecule has 1 aliphatic rings. The molecule has 0 fully saturated rings. The lowest BCUT2D eigenvalue weighted by Crippen LogP contribution is -2.28. The van der Waals surface area contributed by atoms with E-state index in [0.29, 0.717) is 11.4 Å². The van der Waals surface area contributed by atoms with Crippen molar-refractivity contribution in [2.45, 2.75) is 6.42 Å². The molecule has 0 aromatic heterocycles. The highest BCUT2D eigenvalue weighted by molar-refractivity contribution is 6.17. The molecule has 1 aliphatic heterocycles. The molecule has 4 nitrogen and oxygen atoms in total. The van der Waals surface area contributed by atoms with Gasteiger partial charge in [-0.05, 0) is 24.3 Å². The van der Waals surface area contributed by atoms with Crippen LogP contribution in [0, 0.1) is 0 Å². The Morgan fingerprint density at radius 2 is 1.55 bits per heavy atom. The molecule has 0 radical (unpaired) electrons. The van der Waals surface area contributed by atoms with Gasteiger partial charge in [-0.3, -0.25) is 14.5 Å². The third-order valence-corrected chi connectivity index (χ3v) is 3.18. The monoisotopic (exact) mass is 269 g/mol. The minimum Gasteiger partial charge on any atom is -0.313 e. The Kier molecular flexibility index (Phi) is 2.24. The molecule has 0 unspecified atom stereocenters. The van der Waals surface area contributed by atoms with Gasteiger partial charge in [0.05, 0.1) is 11.4 Å². The van der Waals surface area contributed by atoms with Crippen LogP contribution in [-0.2, 0) is 9.59 Å². The number of fused-ring (bicyclic) bond motifs is 1. The molecule has 0 spiro atoms. The van der Waals surface area contributed by atoms with Gasteiger partial charge in [-0.25, -0.2) is 0 Å². The Labute approximate surface area is 121 Å². The lowest BCUT2D eigenvalue weighted by Gasteiger charge is -2.23. The maximum absolute atomic E-state index is 12.6. The normalized spacial score (nSPS) is 17.9. The molecule has 1 heterocycles. The van der Waals surface area contributed by atoms with Crippen molar-refractivity contribution in [2.24, 2.45) is 0 Å². The van der Waals surface area contributed by atoms with Crippen molar-refractivity contribution in [3.8, 4) is 0 Å². The van der Waals surface area contributed by atoms with Gasteiger partial charge in [0.25, 0.3) is 0 Å². The van der Waals surface area contributed by atoms with E-state index in [4.69, 9.17) is 4.11 Å². The molecule has 0 saturated carbocycles. The van der Waals surface area contributed by atoms with E-state index in [0.717, 1.165) is 4.90 Å². The first-order valence-electron chi connectivity index (χ1n) is 7.70. The van der Waals surface area contributed by atoms with Crippen LogP contribution in [0.15, 0.2) is 54.6 Å². The first-order chi connectivity index (χ1) is 10.9. The van der Waals surface area contributed by atoms with Crippen molar-refractivity contribution in [1.29, 1.82) is 0 Å². The van der Waals surface area contributed by atoms with E-state index < -0.39 is 25.2 Å². The minimum atomic E-state index is -2.65. The zero-order valence-electron chi connectivity index (χ0n) is 13.6. The predicted molar refractivity (Wildman–Crippen MR) is 78.1 cm³/mol. The summed E-state index contributed by atoms with van der Waals surface area (Å²) in [6.45, 7) is -2.65. The predicted octanol–water partition coefficient (Wildman–Crippen LogP) is 2.72. The van der Waals surface area contributed by atoms with Gasteiger partial charge in [-0.15, -0.1) is 0 Å². The van der Waals surface area contributed by atoms with Crippen molar-refractivity contribution in [2.75, 3.05) is 16.8 Å². The fourth-order valence-corrected chi connectivity index (χ4v) is 2.26. The average Bonchev–Trinajstić information content (AvgIpc) is 2.60. The lowest BCUT2D eigenvalue weighted by molar-refractivity contribution is -0.125. The molecule has 3 rings (SSSR count). The molecule has 0 N–H and O–H groups in total. The third-order valence-electron chi connectivity index (χ3n) is 3.18. The SMILES string of the molecule is [2H]C([2H])([2H])N1C(=O)CC(=O)N(c2ccccc2)c2ccccc21. The van der Waals surface area contributed by atoms with Gasteiger partial charge < -0.3 is 4.90 Å². The Hall–Kier alpha value is -2.62. The molecule has 2 aromatic rings. The second-order valence-corrected chi connectivity index (χ2v) is 4.46. The van der Waals surface area contributed by atoms with Crippen LogP contribution in [0.4, 0.5) is 17.1 Å². The second kappa shape index (κ2) is 4.81. The molecule has 0 atom stereocenters. The Balaban J connectivity index is 2.23. The van der Waals surface area contributed by atoms with E-state index in [1.165, 1.54) is 11.0 Å². The first-order valence-corrected chi connectivity index (χ1v) is 6.20. The van der Waals surface area contributed by atoms with Gasteiger partial charge in [0.1, 0.15) is 6.42 Å². The van der Waals surface area contributed by atoms with E-state index in [1.54, 1.807) is 42.5 Å². The summed E-state index contributed by atoms with van der Waals surface area (Å²) in [5, 5.41) is 0. The van der Waals surface area contributed by atoms with E-state index >= 15 is 0 Å². The smallest absolute Gasteiger partial charge is 0.241 e. The summed E-state index contributed by atoms with van der Waals surface area (Å²) in [6.07, 6.45) is -0.498. The summed E-state index contributed by atoms with van der Waals surface area (Å²) in [7, 11) is 0. The molecule has 2 aromatic carbocycles. The second-order valence-electron chi connectivity index (χ2n) is 4.46.